The number of nitrogens with zero attached hydrogens (tertiary/aromatic N) is 1. The average molecular weight is 310 g/mol. The van der Waals surface area contributed by atoms with Crippen LogP contribution in [0, 0.1) is 11.8 Å². The summed E-state index contributed by atoms with van der Waals surface area (Å²) in [5.74, 6) is 1.17. The fourth-order valence-corrected chi connectivity index (χ4v) is 5.35. The van der Waals surface area contributed by atoms with Gasteiger partial charge in [-0.15, -0.1) is 0 Å². The minimum atomic E-state index is 0.263. The number of piperidine rings is 3. The van der Waals surface area contributed by atoms with Gasteiger partial charge in [0.25, 0.3) is 0 Å². The van der Waals surface area contributed by atoms with E-state index in [0.717, 1.165) is 30.3 Å². The van der Waals surface area contributed by atoms with Crippen LogP contribution in [0.15, 0.2) is 29.8 Å². The van der Waals surface area contributed by atoms with Crippen LogP contribution in [0.25, 0.3) is 10.9 Å². The summed E-state index contributed by atoms with van der Waals surface area (Å²) in [6.45, 7) is 3.42. The van der Waals surface area contributed by atoms with E-state index >= 15 is 0 Å². The van der Waals surface area contributed by atoms with Crippen LogP contribution in [-0.2, 0) is 6.42 Å². The number of H-pyrrole nitrogens is 1. The van der Waals surface area contributed by atoms with Crippen molar-refractivity contribution in [2.24, 2.45) is 11.8 Å². The molecule has 4 bridgehead atoms. The fourth-order valence-electron chi connectivity index (χ4n) is 5.35. The molecule has 2 aromatic rings. The Morgan fingerprint density at radius 1 is 1.39 bits per heavy atom. The molecule has 0 aliphatic carbocycles. The number of aromatic hydroxyl groups is 1. The third kappa shape index (κ3) is 1.68. The molecule has 4 heteroatoms. The number of benzene rings is 1. The van der Waals surface area contributed by atoms with Crippen LogP contribution >= 0.6 is 0 Å². The van der Waals surface area contributed by atoms with E-state index in [2.05, 4.69) is 22.9 Å². The van der Waals surface area contributed by atoms with Crippen molar-refractivity contribution < 1.29 is 10.2 Å². The summed E-state index contributed by atoms with van der Waals surface area (Å²) < 4.78 is 0. The molecule has 5 atom stereocenters. The zero-order chi connectivity index (χ0) is 15.7. The molecule has 23 heavy (non-hydrogen) atoms. The van der Waals surface area contributed by atoms with Gasteiger partial charge in [0.15, 0.2) is 0 Å². The second-order valence-electron chi connectivity index (χ2n) is 7.26. The number of fused-ring (bicyclic) bond motifs is 4. The predicted octanol–water partition coefficient (Wildman–Crippen LogP) is 2.73. The van der Waals surface area contributed by atoms with Gasteiger partial charge in [-0.3, -0.25) is 4.90 Å². The van der Waals surface area contributed by atoms with Crippen molar-refractivity contribution in [1.82, 2.24) is 9.88 Å². The Balaban J connectivity index is 1.68. The fraction of sp³-hybridized carbons (Fsp3) is 0.474. The third-order valence-corrected chi connectivity index (χ3v) is 6.41. The summed E-state index contributed by atoms with van der Waals surface area (Å²) >= 11 is 0. The first kappa shape index (κ1) is 13.6. The van der Waals surface area contributed by atoms with Crippen LogP contribution in [0.1, 0.15) is 30.6 Å². The van der Waals surface area contributed by atoms with E-state index in [1.54, 1.807) is 6.07 Å². The lowest BCUT2D eigenvalue weighted by atomic mass is 9.64. The van der Waals surface area contributed by atoms with E-state index in [-0.39, 0.29) is 6.61 Å². The van der Waals surface area contributed by atoms with Crippen molar-refractivity contribution in [2.45, 2.75) is 31.8 Å². The molecule has 0 radical (unpaired) electrons. The van der Waals surface area contributed by atoms with Gasteiger partial charge in [-0.05, 0) is 49.4 Å². The second kappa shape index (κ2) is 4.62. The summed E-state index contributed by atoms with van der Waals surface area (Å²) in [5.41, 5.74) is 5.29. The third-order valence-electron chi connectivity index (χ3n) is 6.41. The van der Waals surface area contributed by atoms with Crippen LogP contribution in [-0.4, -0.2) is 39.3 Å². The minimum Gasteiger partial charge on any atom is -0.508 e. The molecule has 0 saturated carbocycles. The van der Waals surface area contributed by atoms with Gasteiger partial charge in [-0.2, -0.15) is 0 Å². The Labute approximate surface area is 135 Å². The van der Waals surface area contributed by atoms with E-state index in [4.69, 9.17) is 0 Å². The van der Waals surface area contributed by atoms with Crippen molar-refractivity contribution in [3.63, 3.8) is 0 Å². The van der Waals surface area contributed by atoms with E-state index in [9.17, 15) is 10.2 Å². The molecule has 3 fully saturated rings. The molecule has 3 saturated heterocycles. The maximum atomic E-state index is 9.99. The molecule has 4 nitrogen and oxygen atoms in total. The van der Waals surface area contributed by atoms with Gasteiger partial charge >= 0.3 is 0 Å². The van der Waals surface area contributed by atoms with Crippen LogP contribution in [0.2, 0.25) is 0 Å². The van der Waals surface area contributed by atoms with Crippen molar-refractivity contribution in [3.05, 3.63) is 41.1 Å². The molecule has 3 N–H and O–H groups in total. The number of hydrogen-bond donors (Lipinski definition) is 3. The first-order valence-corrected chi connectivity index (χ1v) is 8.56. The van der Waals surface area contributed by atoms with Crippen molar-refractivity contribution in [1.29, 1.82) is 0 Å². The number of aromatic nitrogens is 1. The lowest BCUT2D eigenvalue weighted by Gasteiger charge is -2.58. The van der Waals surface area contributed by atoms with Gasteiger partial charge in [0.2, 0.25) is 0 Å². The number of phenolic OH excluding ortho intramolecular Hbond substituents is 1. The predicted molar refractivity (Wildman–Crippen MR) is 89.3 cm³/mol. The van der Waals surface area contributed by atoms with E-state index in [0.29, 0.717) is 29.7 Å². The molecule has 0 amide bonds. The lowest BCUT2D eigenvalue weighted by Crippen LogP contribution is -2.60. The number of hydrogen-bond acceptors (Lipinski definition) is 3. The highest BCUT2D eigenvalue weighted by molar-refractivity contribution is 5.86. The van der Waals surface area contributed by atoms with Gasteiger partial charge < -0.3 is 15.2 Å². The van der Waals surface area contributed by atoms with Crippen LogP contribution in [0.5, 0.6) is 5.75 Å². The first-order chi connectivity index (χ1) is 11.2. The number of aromatic amines is 1. The largest absolute Gasteiger partial charge is 0.508 e. The van der Waals surface area contributed by atoms with Gasteiger partial charge in [-0.25, -0.2) is 0 Å². The Kier molecular flexibility index (Phi) is 2.74. The van der Waals surface area contributed by atoms with Crippen molar-refractivity contribution in [3.8, 4) is 5.75 Å². The molecule has 5 heterocycles. The highest BCUT2D eigenvalue weighted by Crippen LogP contribution is 2.54. The smallest absolute Gasteiger partial charge is 0.116 e. The highest BCUT2D eigenvalue weighted by atomic mass is 16.3. The molecule has 120 valence electrons. The highest BCUT2D eigenvalue weighted by Gasteiger charge is 2.52. The molecule has 1 aromatic heterocycles. The first-order valence-electron chi connectivity index (χ1n) is 8.56. The molecule has 4 aliphatic rings. The van der Waals surface area contributed by atoms with Gasteiger partial charge in [0.05, 0.1) is 6.04 Å². The zero-order valence-corrected chi connectivity index (χ0v) is 13.3. The molecule has 0 spiro atoms. The topological polar surface area (TPSA) is 59.5 Å². The standard InChI is InChI=1S/C19H22N2O2/c1-2-10-8-21-17-7-14-13-5-11(23)3-4-16(13)20-19(14)18(21)6-12(10)15(17)9-22/h2-5,12,15,17-18,20,22-23H,6-9H2,1H3/b10-2-/t12-,15+,17-,18+/m0/s1. The summed E-state index contributed by atoms with van der Waals surface area (Å²) in [4.78, 5) is 6.21. The van der Waals surface area contributed by atoms with Gasteiger partial charge in [0.1, 0.15) is 5.75 Å². The number of nitrogens with one attached hydrogen (secondary N) is 1. The van der Waals surface area contributed by atoms with Gasteiger partial charge in [0, 0.05) is 41.7 Å². The number of rotatable bonds is 1. The number of aliphatic hydroxyl groups is 1. The summed E-state index contributed by atoms with van der Waals surface area (Å²) in [7, 11) is 0. The quantitative estimate of drug-likeness (QED) is 0.710. The van der Waals surface area contributed by atoms with Crippen molar-refractivity contribution in [2.75, 3.05) is 13.2 Å². The van der Waals surface area contributed by atoms with E-state index < -0.39 is 0 Å². The van der Waals surface area contributed by atoms with Crippen molar-refractivity contribution >= 4 is 10.9 Å². The minimum absolute atomic E-state index is 0.263. The molecule has 4 aliphatic heterocycles. The average Bonchev–Trinajstić information content (AvgIpc) is 2.92. The summed E-state index contributed by atoms with van der Waals surface area (Å²) in [6, 6.07) is 6.44. The molecular weight excluding hydrogens is 288 g/mol. The summed E-state index contributed by atoms with van der Waals surface area (Å²) in [5, 5.41) is 21.0. The molecule has 1 unspecified atom stereocenters. The number of phenols is 1. The Bertz CT molecular complexity index is 822. The second-order valence-corrected chi connectivity index (χ2v) is 7.26. The maximum absolute atomic E-state index is 9.99. The number of aliphatic hydroxyl groups excluding tert-OH is 1. The Morgan fingerprint density at radius 3 is 3.04 bits per heavy atom. The van der Waals surface area contributed by atoms with E-state index in [1.165, 1.54) is 16.8 Å². The van der Waals surface area contributed by atoms with Crippen LogP contribution in [0.3, 0.4) is 0 Å². The lowest BCUT2D eigenvalue weighted by molar-refractivity contribution is -0.0503. The molecule has 6 rings (SSSR count). The van der Waals surface area contributed by atoms with Crippen LogP contribution in [0.4, 0.5) is 0 Å². The van der Waals surface area contributed by atoms with E-state index in [1.807, 2.05) is 12.1 Å². The maximum Gasteiger partial charge on any atom is 0.116 e. The Morgan fingerprint density at radius 2 is 2.26 bits per heavy atom. The monoisotopic (exact) mass is 310 g/mol. The molecule has 1 aromatic carbocycles. The normalized spacial score (nSPS) is 36.6. The summed E-state index contributed by atoms with van der Waals surface area (Å²) in [6.07, 6.45) is 4.31. The van der Waals surface area contributed by atoms with Gasteiger partial charge in [-0.1, -0.05) is 11.6 Å². The SMILES string of the molecule is C/C=C1/CN2[C@@H]3C[C@@H]1[C@@H](CO)[C@@H]2Cc1c3[nH]c2ccc(O)cc12. The number of allylic oxidation sites excluding steroid dienone is 1. The van der Waals surface area contributed by atoms with Crippen LogP contribution < -0.4 is 0 Å². The zero-order valence-electron chi connectivity index (χ0n) is 13.3. The molecular formula is C19H22N2O2. The Hall–Kier alpha value is -1.78.